The molecule has 0 saturated carbocycles. The highest BCUT2D eigenvalue weighted by Crippen LogP contribution is 2.17. The van der Waals surface area contributed by atoms with Gasteiger partial charge in [0.2, 0.25) is 0 Å². The number of urea groups is 1. The summed E-state index contributed by atoms with van der Waals surface area (Å²) < 4.78 is 3.85. The number of likely N-dealkylation sites (tertiary alicyclic amines) is 1. The first-order chi connectivity index (χ1) is 11.1. The van der Waals surface area contributed by atoms with Crippen LogP contribution < -0.4 is 10.6 Å². The molecular weight excluding hydrogens is 320 g/mol. The van der Waals surface area contributed by atoms with Gasteiger partial charge in [0, 0.05) is 18.0 Å². The highest BCUT2D eigenvalue weighted by atomic mass is 32.1. The molecule has 23 heavy (non-hydrogen) atoms. The Bertz CT molecular complexity index is 537. The fraction of sp³-hybridized carbons (Fsp3) is 0.643. The Morgan fingerprint density at radius 2 is 2.26 bits per heavy atom. The summed E-state index contributed by atoms with van der Waals surface area (Å²) in [4.78, 5) is 24.9. The van der Waals surface area contributed by atoms with Crippen LogP contribution in [0.2, 0.25) is 0 Å². The van der Waals surface area contributed by atoms with Gasteiger partial charge in [-0.15, -0.1) is 0 Å². The number of amides is 2. The minimum atomic E-state index is -1.11. The van der Waals surface area contributed by atoms with E-state index in [9.17, 15) is 14.7 Å². The molecule has 128 valence electrons. The summed E-state index contributed by atoms with van der Waals surface area (Å²) in [6.07, 6.45) is 3.95. The van der Waals surface area contributed by atoms with Crippen molar-refractivity contribution in [1.82, 2.24) is 14.6 Å². The molecule has 0 radical (unpaired) electrons. The summed E-state index contributed by atoms with van der Waals surface area (Å²) in [6, 6.07) is -0.168. The smallest absolute Gasteiger partial charge is 0.340 e. The van der Waals surface area contributed by atoms with E-state index in [4.69, 9.17) is 5.11 Å². The third-order valence-corrected chi connectivity index (χ3v) is 4.53. The lowest BCUT2D eigenvalue weighted by atomic mass is 10.2. The summed E-state index contributed by atoms with van der Waals surface area (Å²) >= 11 is 0.986. The first kappa shape index (κ1) is 17.6. The van der Waals surface area contributed by atoms with Crippen molar-refractivity contribution in [2.75, 3.05) is 31.6 Å². The van der Waals surface area contributed by atoms with Crippen LogP contribution in [0.5, 0.6) is 0 Å². The molecule has 2 amide bonds. The van der Waals surface area contributed by atoms with Gasteiger partial charge in [-0.3, -0.25) is 10.2 Å². The van der Waals surface area contributed by atoms with Crippen molar-refractivity contribution < 1.29 is 19.8 Å². The maximum atomic E-state index is 11.7. The molecule has 1 atom stereocenters. The van der Waals surface area contributed by atoms with E-state index in [0.717, 1.165) is 50.3 Å². The van der Waals surface area contributed by atoms with Crippen LogP contribution in [-0.2, 0) is 0 Å². The molecule has 1 saturated heterocycles. The molecule has 0 spiro atoms. The average molecular weight is 342 g/mol. The van der Waals surface area contributed by atoms with Crippen LogP contribution >= 0.6 is 11.5 Å². The number of aliphatic hydroxyl groups excluding tert-OH is 1. The molecule has 1 unspecified atom stereocenters. The van der Waals surface area contributed by atoms with Crippen molar-refractivity contribution in [1.29, 1.82) is 0 Å². The van der Waals surface area contributed by atoms with Crippen LogP contribution in [0.4, 0.5) is 10.6 Å². The van der Waals surface area contributed by atoms with Gasteiger partial charge in [0.05, 0.1) is 6.61 Å². The minimum absolute atomic E-state index is 0.00534. The number of aromatic carboxylic acids is 1. The number of hydrogen-bond acceptors (Lipinski definition) is 6. The number of nitrogens with one attached hydrogen (secondary N) is 2. The number of carbonyl (C=O) groups is 2. The van der Waals surface area contributed by atoms with Crippen LogP contribution in [0.25, 0.3) is 0 Å². The summed E-state index contributed by atoms with van der Waals surface area (Å²) in [5.74, 6) is -1.04. The number of nitrogens with zero attached hydrogens (tertiary/aromatic N) is 2. The highest BCUT2D eigenvalue weighted by molar-refractivity contribution is 7.04. The van der Waals surface area contributed by atoms with E-state index in [1.54, 1.807) is 0 Å². The molecule has 0 bridgehead atoms. The molecule has 8 nitrogen and oxygen atoms in total. The van der Waals surface area contributed by atoms with Gasteiger partial charge in [-0.25, -0.2) is 9.59 Å². The average Bonchev–Trinajstić information content (AvgIpc) is 3.15. The lowest BCUT2D eigenvalue weighted by Crippen LogP contribution is -2.34. The van der Waals surface area contributed by atoms with Crippen molar-refractivity contribution in [2.45, 2.75) is 31.7 Å². The Hall–Kier alpha value is -1.71. The normalized spacial score (nSPS) is 18.0. The number of aromatic nitrogens is 1. The maximum Gasteiger partial charge on any atom is 0.340 e. The maximum absolute atomic E-state index is 11.7. The summed E-state index contributed by atoms with van der Waals surface area (Å²) in [7, 11) is 0. The minimum Gasteiger partial charge on any atom is -0.478 e. The molecule has 2 heterocycles. The fourth-order valence-corrected chi connectivity index (χ4v) is 3.29. The van der Waals surface area contributed by atoms with E-state index in [2.05, 4.69) is 19.9 Å². The molecule has 9 heteroatoms. The molecule has 4 N–H and O–H groups in total. The molecule has 0 aliphatic carbocycles. The third-order valence-electron chi connectivity index (χ3n) is 3.90. The quantitative estimate of drug-likeness (QED) is 0.528. The SMILES string of the molecule is O=C(NCCCCN1CCCC1CO)Nc1nscc1C(=O)O. The van der Waals surface area contributed by atoms with Crippen molar-refractivity contribution in [2.24, 2.45) is 0 Å². The fourth-order valence-electron chi connectivity index (χ4n) is 2.67. The molecule has 1 fully saturated rings. The molecule has 1 aromatic rings. The Morgan fingerprint density at radius 3 is 3.00 bits per heavy atom. The highest BCUT2D eigenvalue weighted by Gasteiger charge is 2.22. The molecule has 0 aromatic carbocycles. The Balaban J connectivity index is 1.61. The predicted octanol–water partition coefficient (Wildman–Crippen LogP) is 1.20. The van der Waals surface area contributed by atoms with Crippen molar-refractivity contribution in [3.8, 4) is 0 Å². The van der Waals surface area contributed by atoms with Gasteiger partial charge in [-0.05, 0) is 50.3 Å². The largest absolute Gasteiger partial charge is 0.478 e. The van der Waals surface area contributed by atoms with Crippen molar-refractivity contribution in [3.63, 3.8) is 0 Å². The van der Waals surface area contributed by atoms with Crippen LogP contribution in [0, 0.1) is 0 Å². The third kappa shape index (κ3) is 5.15. The zero-order chi connectivity index (χ0) is 16.7. The number of unbranched alkanes of at least 4 members (excludes halogenated alkanes) is 1. The predicted molar refractivity (Wildman–Crippen MR) is 87.0 cm³/mol. The van der Waals surface area contributed by atoms with E-state index in [0.29, 0.717) is 6.54 Å². The molecule has 1 aliphatic rings. The van der Waals surface area contributed by atoms with E-state index < -0.39 is 12.0 Å². The van der Waals surface area contributed by atoms with Crippen LogP contribution in [0.3, 0.4) is 0 Å². The van der Waals surface area contributed by atoms with E-state index in [1.165, 1.54) is 5.38 Å². The van der Waals surface area contributed by atoms with Crippen molar-refractivity contribution >= 4 is 29.4 Å². The molecular formula is C14H22N4O4S. The van der Waals surface area contributed by atoms with Gasteiger partial charge in [0.25, 0.3) is 0 Å². The van der Waals surface area contributed by atoms with E-state index >= 15 is 0 Å². The first-order valence-electron chi connectivity index (χ1n) is 7.69. The molecule has 2 rings (SSSR count). The van der Waals surface area contributed by atoms with Gasteiger partial charge in [0.1, 0.15) is 5.56 Å². The zero-order valence-corrected chi connectivity index (χ0v) is 13.6. The van der Waals surface area contributed by atoms with Crippen LogP contribution in [-0.4, -0.2) is 63.8 Å². The van der Waals surface area contributed by atoms with Gasteiger partial charge in [-0.2, -0.15) is 4.37 Å². The lowest BCUT2D eigenvalue weighted by Gasteiger charge is -2.22. The number of carboxylic acid groups (broad SMARTS) is 1. The first-order valence-corrected chi connectivity index (χ1v) is 8.53. The van der Waals surface area contributed by atoms with Gasteiger partial charge in [-0.1, -0.05) is 0 Å². The van der Waals surface area contributed by atoms with Gasteiger partial charge >= 0.3 is 12.0 Å². The second-order valence-corrected chi connectivity index (χ2v) is 6.11. The summed E-state index contributed by atoms with van der Waals surface area (Å²) in [5.41, 5.74) is -0.00534. The Kier molecular flexibility index (Phi) is 6.75. The summed E-state index contributed by atoms with van der Waals surface area (Å²) in [6.45, 7) is 2.67. The van der Waals surface area contributed by atoms with Crippen LogP contribution in [0.15, 0.2) is 5.38 Å². The standard InChI is InChI=1S/C14H22N4O4S/c19-8-10-4-3-7-18(10)6-2-1-5-15-14(22)16-12-11(13(20)21)9-23-17-12/h9-10,19H,1-8H2,(H,20,21)(H2,15,16,17,22). The topological polar surface area (TPSA) is 115 Å². The number of anilines is 1. The number of carbonyl (C=O) groups excluding carboxylic acids is 1. The molecule has 1 aliphatic heterocycles. The second kappa shape index (κ2) is 8.80. The second-order valence-electron chi connectivity index (χ2n) is 5.48. The molecule has 1 aromatic heterocycles. The number of hydrogen-bond donors (Lipinski definition) is 4. The number of carboxylic acids is 1. The number of rotatable bonds is 8. The van der Waals surface area contributed by atoms with E-state index in [-0.39, 0.29) is 24.0 Å². The Labute approximate surface area is 138 Å². The van der Waals surface area contributed by atoms with Crippen molar-refractivity contribution in [3.05, 3.63) is 10.9 Å². The number of aliphatic hydroxyl groups is 1. The Morgan fingerprint density at radius 1 is 1.43 bits per heavy atom. The lowest BCUT2D eigenvalue weighted by molar-refractivity contribution is 0.0698. The summed E-state index contributed by atoms with van der Waals surface area (Å²) in [5, 5.41) is 24.7. The van der Waals surface area contributed by atoms with Gasteiger partial charge < -0.3 is 15.5 Å². The zero-order valence-electron chi connectivity index (χ0n) is 12.8. The van der Waals surface area contributed by atoms with E-state index in [1.807, 2.05) is 0 Å². The monoisotopic (exact) mass is 342 g/mol. The van der Waals surface area contributed by atoms with Crippen LogP contribution in [0.1, 0.15) is 36.0 Å². The van der Waals surface area contributed by atoms with Gasteiger partial charge in [0.15, 0.2) is 5.82 Å².